The molecule has 1 aromatic heterocycles. The van der Waals surface area contributed by atoms with E-state index in [1.165, 1.54) is 7.11 Å². The Morgan fingerprint density at radius 3 is 2.62 bits per heavy atom. The molecule has 2 rings (SSSR count). The molecule has 0 amide bonds. The molecular weight excluding hydrogens is 306 g/mol. The summed E-state index contributed by atoms with van der Waals surface area (Å²) < 4.78 is 4.68. The normalized spacial score (nSPS) is 10.5. The Morgan fingerprint density at radius 2 is 1.96 bits per heavy atom. The summed E-state index contributed by atoms with van der Waals surface area (Å²) in [4.78, 5) is 22.2. The van der Waals surface area contributed by atoms with Gasteiger partial charge in [-0.2, -0.15) is 4.98 Å². The number of nitrogens with zero attached hydrogens (tertiary/aromatic N) is 3. The lowest BCUT2D eigenvalue weighted by Crippen LogP contribution is -2.17. The van der Waals surface area contributed by atoms with Gasteiger partial charge in [-0.25, -0.2) is 9.78 Å². The molecule has 0 atom stereocenters. The number of rotatable bonds is 8. The molecule has 0 spiro atoms. The largest absolute Gasteiger partial charge is 0.465 e. The lowest BCUT2D eigenvalue weighted by atomic mass is 10.2. The Morgan fingerprint density at radius 1 is 1.21 bits per heavy atom. The van der Waals surface area contributed by atoms with E-state index >= 15 is 0 Å². The number of carbonyl (C=O) groups excluding carboxylic acids is 1. The number of hydrogen-bond donors (Lipinski definition) is 2. The van der Waals surface area contributed by atoms with E-state index in [1.807, 2.05) is 14.1 Å². The van der Waals surface area contributed by atoms with Crippen molar-refractivity contribution in [2.75, 3.05) is 44.9 Å². The maximum atomic E-state index is 11.4. The molecule has 128 valence electrons. The minimum absolute atomic E-state index is 0.354. The topological polar surface area (TPSA) is 79.4 Å². The maximum Gasteiger partial charge on any atom is 0.337 e. The minimum Gasteiger partial charge on any atom is -0.465 e. The number of ether oxygens (including phenoxy) is 1. The van der Waals surface area contributed by atoms with Crippen LogP contribution in [0.1, 0.15) is 16.8 Å². The monoisotopic (exact) mass is 329 g/mol. The zero-order valence-electron chi connectivity index (χ0n) is 14.2. The van der Waals surface area contributed by atoms with Crippen LogP contribution < -0.4 is 10.6 Å². The fourth-order valence-electron chi connectivity index (χ4n) is 2.06. The van der Waals surface area contributed by atoms with Gasteiger partial charge in [-0.05, 0) is 57.4 Å². The number of hydrogen-bond acceptors (Lipinski definition) is 7. The van der Waals surface area contributed by atoms with Gasteiger partial charge in [0.25, 0.3) is 0 Å². The Bertz CT molecular complexity index is 658. The summed E-state index contributed by atoms with van der Waals surface area (Å²) in [6.45, 7) is 1.83. The average molecular weight is 329 g/mol. The summed E-state index contributed by atoms with van der Waals surface area (Å²) in [5.74, 6) is 0.920. The highest BCUT2D eigenvalue weighted by Crippen LogP contribution is 2.16. The van der Waals surface area contributed by atoms with Crippen LogP contribution in [0.5, 0.6) is 0 Å². The molecule has 0 unspecified atom stereocenters. The molecule has 0 aliphatic carbocycles. The van der Waals surface area contributed by atoms with E-state index in [0.29, 0.717) is 17.3 Å². The first-order valence-corrected chi connectivity index (χ1v) is 7.75. The van der Waals surface area contributed by atoms with Crippen molar-refractivity contribution in [3.63, 3.8) is 0 Å². The second-order valence-corrected chi connectivity index (χ2v) is 5.54. The van der Waals surface area contributed by atoms with Crippen molar-refractivity contribution in [3.8, 4) is 0 Å². The summed E-state index contributed by atoms with van der Waals surface area (Å²) in [6, 6.07) is 8.81. The number of aromatic nitrogens is 2. The molecule has 0 fully saturated rings. The highest BCUT2D eigenvalue weighted by molar-refractivity contribution is 5.89. The van der Waals surface area contributed by atoms with Crippen molar-refractivity contribution in [1.29, 1.82) is 0 Å². The Labute approximate surface area is 142 Å². The Balaban J connectivity index is 1.92. The first-order chi connectivity index (χ1) is 11.6. The minimum atomic E-state index is -0.354. The summed E-state index contributed by atoms with van der Waals surface area (Å²) in [7, 11) is 5.46. The molecule has 2 aromatic rings. The lowest BCUT2D eigenvalue weighted by Gasteiger charge is -2.11. The van der Waals surface area contributed by atoms with Gasteiger partial charge in [-0.3, -0.25) is 0 Å². The van der Waals surface area contributed by atoms with E-state index in [-0.39, 0.29) is 5.97 Å². The van der Waals surface area contributed by atoms with E-state index in [2.05, 4.69) is 30.2 Å². The molecule has 0 aliphatic heterocycles. The molecule has 0 aliphatic rings. The van der Waals surface area contributed by atoms with Crippen molar-refractivity contribution in [2.24, 2.45) is 0 Å². The van der Waals surface area contributed by atoms with E-state index in [9.17, 15) is 4.79 Å². The van der Waals surface area contributed by atoms with Crippen LogP contribution in [0.2, 0.25) is 0 Å². The van der Waals surface area contributed by atoms with Crippen LogP contribution in [-0.2, 0) is 4.74 Å². The highest BCUT2D eigenvalue weighted by atomic mass is 16.5. The van der Waals surface area contributed by atoms with Gasteiger partial charge in [-0.1, -0.05) is 0 Å². The van der Waals surface area contributed by atoms with Crippen LogP contribution in [-0.4, -0.2) is 55.1 Å². The van der Waals surface area contributed by atoms with Gasteiger partial charge in [0.2, 0.25) is 5.95 Å². The zero-order chi connectivity index (χ0) is 17.4. The van der Waals surface area contributed by atoms with Crippen molar-refractivity contribution >= 4 is 23.4 Å². The summed E-state index contributed by atoms with van der Waals surface area (Å²) >= 11 is 0. The van der Waals surface area contributed by atoms with Gasteiger partial charge in [0.05, 0.1) is 12.7 Å². The number of methoxy groups -OCH3 is 1. The van der Waals surface area contributed by atoms with Crippen LogP contribution in [0.3, 0.4) is 0 Å². The fourth-order valence-corrected chi connectivity index (χ4v) is 2.06. The summed E-state index contributed by atoms with van der Waals surface area (Å²) in [5, 5.41) is 6.39. The third-order valence-corrected chi connectivity index (χ3v) is 3.30. The molecule has 0 bridgehead atoms. The number of esters is 1. The van der Waals surface area contributed by atoms with E-state index in [4.69, 9.17) is 0 Å². The predicted octanol–water partition coefficient (Wildman–Crippen LogP) is 2.37. The predicted molar refractivity (Wildman–Crippen MR) is 94.8 cm³/mol. The number of carbonyl (C=O) groups is 1. The van der Waals surface area contributed by atoms with E-state index in [0.717, 1.165) is 25.2 Å². The molecular formula is C17H23N5O2. The maximum absolute atomic E-state index is 11.4. The second-order valence-electron chi connectivity index (χ2n) is 5.54. The van der Waals surface area contributed by atoms with Gasteiger partial charge < -0.3 is 20.3 Å². The van der Waals surface area contributed by atoms with Gasteiger partial charge >= 0.3 is 5.97 Å². The van der Waals surface area contributed by atoms with Crippen molar-refractivity contribution < 1.29 is 9.53 Å². The van der Waals surface area contributed by atoms with Crippen LogP contribution in [0.15, 0.2) is 36.5 Å². The first kappa shape index (κ1) is 17.7. The number of anilines is 3. The van der Waals surface area contributed by atoms with Crippen LogP contribution in [0.25, 0.3) is 0 Å². The first-order valence-electron chi connectivity index (χ1n) is 7.75. The van der Waals surface area contributed by atoms with E-state index in [1.54, 1.807) is 36.5 Å². The van der Waals surface area contributed by atoms with Gasteiger partial charge in [0.15, 0.2) is 0 Å². The Kier molecular flexibility index (Phi) is 6.51. The molecule has 0 saturated carbocycles. The molecule has 7 heteroatoms. The SMILES string of the molecule is COC(=O)c1ccc(Nc2ccnc(NCCCN(C)C)n2)cc1. The molecule has 0 saturated heterocycles. The molecule has 0 radical (unpaired) electrons. The van der Waals surface area contributed by atoms with Gasteiger partial charge in [-0.15, -0.1) is 0 Å². The van der Waals surface area contributed by atoms with Crippen molar-refractivity contribution in [3.05, 3.63) is 42.1 Å². The quantitative estimate of drug-likeness (QED) is 0.568. The molecule has 24 heavy (non-hydrogen) atoms. The molecule has 2 N–H and O–H groups in total. The van der Waals surface area contributed by atoms with Gasteiger partial charge in [0, 0.05) is 18.4 Å². The fraction of sp³-hybridized carbons (Fsp3) is 0.353. The zero-order valence-corrected chi connectivity index (χ0v) is 14.2. The third kappa shape index (κ3) is 5.51. The van der Waals surface area contributed by atoms with Crippen molar-refractivity contribution in [1.82, 2.24) is 14.9 Å². The molecule has 7 nitrogen and oxygen atoms in total. The summed E-state index contributed by atoms with van der Waals surface area (Å²) in [5.41, 5.74) is 1.34. The number of nitrogens with one attached hydrogen (secondary N) is 2. The highest BCUT2D eigenvalue weighted by Gasteiger charge is 2.05. The molecule has 1 aromatic carbocycles. The smallest absolute Gasteiger partial charge is 0.337 e. The summed E-state index contributed by atoms with van der Waals surface area (Å²) in [6.07, 6.45) is 2.72. The number of benzene rings is 1. The lowest BCUT2D eigenvalue weighted by molar-refractivity contribution is 0.0601. The second kappa shape index (κ2) is 8.83. The van der Waals surface area contributed by atoms with Crippen molar-refractivity contribution in [2.45, 2.75) is 6.42 Å². The van der Waals surface area contributed by atoms with Crippen LogP contribution in [0, 0.1) is 0 Å². The standard InChI is InChI=1S/C17H23N5O2/c1-22(2)12-4-10-18-17-19-11-9-15(21-17)20-14-7-5-13(6-8-14)16(23)24-3/h5-9,11H,4,10,12H2,1-3H3,(H2,18,19,20,21). The van der Waals surface area contributed by atoms with E-state index < -0.39 is 0 Å². The van der Waals surface area contributed by atoms with Gasteiger partial charge in [0.1, 0.15) is 5.82 Å². The van der Waals surface area contributed by atoms with Crippen LogP contribution >= 0.6 is 0 Å². The Hall–Kier alpha value is -2.67. The average Bonchev–Trinajstić information content (AvgIpc) is 2.59. The third-order valence-electron chi connectivity index (χ3n) is 3.30. The molecule has 1 heterocycles. The van der Waals surface area contributed by atoms with Crippen LogP contribution in [0.4, 0.5) is 17.5 Å².